The van der Waals surface area contributed by atoms with Gasteiger partial charge in [-0.25, -0.2) is 0 Å². The van der Waals surface area contributed by atoms with Gasteiger partial charge >= 0.3 is 0 Å². The van der Waals surface area contributed by atoms with E-state index in [0.29, 0.717) is 5.92 Å². The number of carbonyl (C=O) groups is 1. The molecule has 0 saturated carbocycles. The first-order valence-electron chi connectivity index (χ1n) is 5.23. The third-order valence-corrected chi connectivity index (χ3v) is 2.62. The highest BCUT2D eigenvalue weighted by molar-refractivity contribution is 5.64. The first-order valence-corrected chi connectivity index (χ1v) is 5.23. The van der Waals surface area contributed by atoms with Gasteiger partial charge in [0.2, 0.25) is 0 Å². The molecule has 1 unspecified atom stereocenters. The fraction of sp³-hybridized carbons (Fsp3) is 0.462. The molecule has 2 heteroatoms. The van der Waals surface area contributed by atoms with Crippen LogP contribution in [-0.2, 0) is 4.79 Å². The summed E-state index contributed by atoms with van der Waals surface area (Å²) in [5.74, 6) is 1.14. The third kappa shape index (κ3) is 2.58. The van der Waals surface area contributed by atoms with E-state index in [0.717, 1.165) is 17.6 Å². The highest BCUT2D eigenvalue weighted by atomic mass is 16.5. The standard InChI is InChI=1S/C13H18O2/c1-9(2)11-5-6-13(15-4)12(7-11)10(3)8-14/h5-10H,1-4H3. The minimum Gasteiger partial charge on any atom is -0.496 e. The molecule has 82 valence electrons. The summed E-state index contributed by atoms with van der Waals surface area (Å²) in [7, 11) is 1.63. The Morgan fingerprint density at radius 2 is 1.93 bits per heavy atom. The van der Waals surface area contributed by atoms with Crippen molar-refractivity contribution in [2.45, 2.75) is 32.6 Å². The van der Waals surface area contributed by atoms with E-state index in [4.69, 9.17) is 4.74 Å². The van der Waals surface area contributed by atoms with E-state index in [1.807, 2.05) is 19.1 Å². The van der Waals surface area contributed by atoms with Gasteiger partial charge in [-0.05, 0) is 17.5 Å². The molecule has 1 aromatic carbocycles. The number of carbonyl (C=O) groups excluding carboxylic acids is 1. The monoisotopic (exact) mass is 206 g/mol. The topological polar surface area (TPSA) is 26.3 Å². The van der Waals surface area contributed by atoms with Gasteiger partial charge in [-0.2, -0.15) is 0 Å². The smallest absolute Gasteiger partial charge is 0.127 e. The maximum Gasteiger partial charge on any atom is 0.127 e. The largest absolute Gasteiger partial charge is 0.496 e. The number of hydrogen-bond acceptors (Lipinski definition) is 2. The molecule has 0 radical (unpaired) electrons. The summed E-state index contributed by atoms with van der Waals surface area (Å²) in [5, 5.41) is 0. The molecule has 0 fully saturated rings. The molecule has 1 aromatic rings. The van der Waals surface area contributed by atoms with Crippen molar-refractivity contribution in [2.75, 3.05) is 7.11 Å². The Bertz CT molecular complexity index is 342. The number of rotatable bonds is 4. The van der Waals surface area contributed by atoms with Crippen molar-refractivity contribution in [3.63, 3.8) is 0 Å². The Morgan fingerprint density at radius 1 is 1.27 bits per heavy atom. The van der Waals surface area contributed by atoms with Crippen molar-refractivity contribution in [1.82, 2.24) is 0 Å². The lowest BCUT2D eigenvalue weighted by Gasteiger charge is -2.14. The maximum absolute atomic E-state index is 10.8. The second kappa shape index (κ2) is 4.96. The number of benzene rings is 1. The summed E-state index contributed by atoms with van der Waals surface area (Å²) in [6.45, 7) is 6.16. The van der Waals surface area contributed by atoms with E-state index in [-0.39, 0.29) is 5.92 Å². The predicted octanol–water partition coefficient (Wildman–Crippen LogP) is 3.12. The Labute approximate surface area is 91.3 Å². The summed E-state index contributed by atoms with van der Waals surface area (Å²) in [5.41, 5.74) is 2.21. The van der Waals surface area contributed by atoms with Gasteiger partial charge < -0.3 is 9.53 Å². The van der Waals surface area contributed by atoms with Crippen LogP contribution in [-0.4, -0.2) is 13.4 Å². The van der Waals surface area contributed by atoms with Gasteiger partial charge in [-0.3, -0.25) is 0 Å². The second-order valence-corrected chi connectivity index (χ2v) is 4.08. The predicted molar refractivity (Wildman–Crippen MR) is 61.6 cm³/mol. The van der Waals surface area contributed by atoms with Crippen molar-refractivity contribution < 1.29 is 9.53 Å². The third-order valence-electron chi connectivity index (χ3n) is 2.62. The molecule has 0 heterocycles. The molecule has 1 rings (SSSR count). The molecule has 0 aromatic heterocycles. The fourth-order valence-corrected chi connectivity index (χ4v) is 1.54. The average molecular weight is 206 g/mol. The molecule has 0 amide bonds. The van der Waals surface area contributed by atoms with E-state index in [9.17, 15) is 4.79 Å². The SMILES string of the molecule is COc1ccc(C(C)C)cc1C(C)C=O. The number of methoxy groups -OCH3 is 1. The van der Waals surface area contributed by atoms with Crippen LogP contribution in [0.2, 0.25) is 0 Å². The fourth-order valence-electron chi connectivity index (χ4n) is 1.54. The molecular weight excluding hydrogens is 188 g/mol. The number of hydrogen-bond donors (Lipinski definition) is 0. The first-order chi connectivity index (χ1) is 7.10. The molecule has 0 aliphatic heterocycles. The van der Waals surface area contributed by atoms with Crippen LogP contribution in [0.5, 0.6) is 5.75 Å². The van der Waals surface area contributed by atoms with Gasteiger partial charge in [0.25, 0.3) is 0 Å². The molecule has 0 bridgehead atoms. The van der Waals surface area contributed by atoms with Crippen LogP contribution in [0.3, 0.4) is 0 Å². The normalized spacial score (nSPS) is 12.6. The first kappa shape index (κ1) is 11.8. The van der Waals surface area contributed by atoms with E-state index in [2.05, 4.69) is 19.9 Å². The van der Waals surface area contributed by atoms with Crippen molar-refractivity contribution in [2.24, 2.45) is 0 Å². The Kier molecular flexibility index (Phi) is 3.89. The van der Waals surface area contributed by atoms with Crippen molar-refractivity contribution >= 4 is 6.29 Å². The van der Waals surface area contributed by atoms with E-state index < -0.39 is 0 Å². The second-order valence-electron chi connectivity index (χ2n) is 4.08. The number of aldehydes is 1. The molecule has 2 nitrogen and oxygen atoms in total. The van der Waals surface area contributed by atoms with Gasteiger partial charge in [-0.1, -0.05) is 32.9 Å². The molecule has 0 aliphatic carbocycles. The quantitative estimate of drug-likeness (QED) is 0.707. The van der Waals surface area contributed by atoms with Crippen LogP contribution in [0.15, 0.2) is 18.2 Å². The molecule has 0 spiro atoms. The Morgan fingerprint density at radius 3 is 2.40 bits per heavy atom. The maximum atomic E-state index is 10.8. The Balaban J connectivity index is 3.18. The summed E-state index contributed by atoms with van der Waals surface area (Å²) >= 11 is 0. The summed E-state index contributed by atoms with van der Waals surface area (Å²) in [6.07, 6.45) is 0.946. The van der Waals surface area contributed by atoms with Crippen LogP contribution in [0.25, 0.3) is 0 Å². The molecule has 15 heavy (non-hydrogen) atoms. The molecule has 0 saturated heterocycles. The van der Waals surface area contributed by atoms with E-state index in [1.165, 1.54) is 5.56 Å². The highest BCUT2D eigenvalue weighted by Crippen LogP contribution is 2.29. The summed E-state index contributed by atoms with van der Waals surface area (Å²) in [6, 6.07) is 6.04. The molecule has 1 atom stereocenters. The minimum atomic E-state index is -0.112. The van der Waals surface area contributed by atoms with E-state index >= 15 is 0 Å². The summed E-state index contributed by atoms with van der Waals surface area (Å²) in [4.78, 5) is 10.8. The van der Waals surface area contributed by atoms with E-state index in [1.54, 1.807) is 7.11 Å². The van der Waals surface area contributed by atoms with Gasteiger partial charge in [0.15, 0.2) is 0 Å². The lowest BCUT2D eigenvalue weighted by atomic mass is 9.95. The summed E-state index contributed by atoms with van der Waals surface area (Å²) < 4.78 is 5.24. The van der Waals surface area contributed by atoms with Crippen LogP contribution in [0.1, 0.15) is 43.7 Å². The van der Waals surface area contributed by atoms with Crippen LogP contribution in [0.4, 0.5) is 0 Å². The van der Waals surface area contributed by atoms with Crippen molar-refractivity contribution in [3.05, 3.63) is 29.3 Å². The zero-order chi connectivity index (χ0) is 11.4. The van der Waals surface area contributed by atoms with Crippen LogP contribution in [0, 0.1) is 0 Å². The molecule has 0 aliphatic rings. The lowest BCUT2D eigenvalue weighted by Crippen LogP contribution is -2.00. The Hall–Kier alpha value is -1.31. The lowest BCUT2D eigenvalue weighted by molar-refractivity contribution is -0.108. The zero-order valence-electron chi connectivity index (χ0n) is 9.78. The minimum absolute atomic E-state index is 0.112. The molecular formula is C13H18O2. The van der Waals surface area contributed by atoms with Crippen molar-refractivity contribution in [1.29, 1.82) is 0 Å². The van der Waals surface area contributed by atoms with Gasteiger partial charge in [-0.15, -0.1) is 0 Å². The van der Waals surface area contributed by atoms with Gasteiger partial charge in [0.05, 0.1) is 7.11 Å². The van der Waals surface area contributed by atoms with Gasteiger partial charge in [0, 0.05) is 11.5 Å². The van der Waals surface area contributed by atoms with Crippen LogP contribution >= 0.6 is 0 Å². The molecule has 0 N–H and O–H groups in total. The van der Waals surface area contributed by atoms with Gasteiger partial charge in [0.1, 0.15) is 12.0 Å². The van der Waals surface area contributed by atoms with Crippen molar-refractivity contribution in [3.8, 4) is 5.75 Å². The van der Waals surface area contributed by atoms with Crippen LogP contribution < -0.4 is 4.74 Å². The zero-order valence-corrected chi connectivity index (χ0v) is 9.78. The average Bonchev–Trinajstić information content (AvgIpc) is 2.27. The highest BCUT2D eigenvalue weighted by Gasteiger charge is 2.12. The number of ether oxygens (including phenoxy) is 1.